The average Bonchev–Trinajstić information content (AvgIpc) is 2.77. The van der Waals surface area contributed by atoms with E-state index >= 15 is 0 Å². The van der Waals surface area contributed by atoms with Crippen molar-refractivity contribution in [3.8, 4) is 0 Å². The van der Waals surface area contributed by atoms with Gasteiger partial charge in [0.05, 0.1) is 5.41 Å². The molecule has 4 rings (SSSR count). The third-order valence-electron chi connectivity index (χ3n) is 5.23. The van der Waals surface area contributed by atoms with E-state index in [1.807, 2.05) is 7.05 Å². The number of rotatable bonds is 5. The van der Waals surface area contributed by atoms with Crippen molar-refractivity contribution in [2.24, 2.45) is 0 Å². The van der Waals surface area contributed by atoms with Crippen molar-refractivity contribution in [3.63, 3.8) is 0 Å². The fraction of sp³-hybridized carbons (Fsp3) is 0.0769. The van der Waals surface area contributed by atoms with Gasteiger partial charge in [0.1, 0.15) is 0 Å². The van der Waals surface area contributed by atoms with Gasteiger partial charge in [0.15, 0.2) is 0 Å². The zero-order chi connectivity index (χ0) is 18.5. The largest absolute Gasteiger partial charge is 0.388 e. The van der Waals surface area contributed by atoms with E-state index in [-0.39, 0.29) is 5.41 Å². The van der Waals surface area contributed by atoms with Gasteiger partial charge in [0.25, 0.3) is 0 Å². The molecule has 0 aliphatic heterocycles. The van der Waals surface area contributed by atoms with E-state index in [1.54, 1.807) is 0 Å². The minimum Gasteiger partial charge on any atom is -0.388 e. The Bertz CT molecular complexity index is 878. The molecule has 0 heterocycles. The van der Waals surface area contributed by atoms with E-state index in [9.17, 15) is 0 Å². The summed E-state index contributed by atoms with van der Waals surface area (Å²) in [5.41, 5.74) is 5.79. The van der Waals surface area contributed by atoms with Crippen LogP contribution in [0.25, 0.3) is 0 Å². The molecule has 0 saturated heterocycles. The van der Waals surface area contributed by atoms with Crippen LogP contribution in [0, 0.1) is 0 Å². The van der Waals surface area contributed by atoms with E-state index in [0.29, 0.717) is 0 Å². The molecule has 0 aromatic heterocycles. The van der Waals surface area contributed by atoms with Crippen molar-refractivity contribution in [3.05, 3.63) is 138 Å². The van der Waals surface area contributed by atoms with Gasteiger partial charge in [-0.2, -0.15) is 0 Å². The minimum atomic E-state index is -0.365. The van der Waals surface area contributed by atoms with E-state index < -0.39 is 0 Å². The fourth-order valence-corrected chi connectivity index (χ4v) is 3.95. The van der Waals surface area contributed by atoms with Crippen molar-refractivity contribution >= 4 is 5.69 Å². The topological polar surface area (TPSA) is 12.0 Å². The van der Waals surface area contributed by atoms with E-state index in [4.69, 9.17) is 0 Å². The van der Waals surface area contributed by atoms with Gasteiger partial charge in [-0.15, -0.1) is 0 Å². The molecule has 4 aromatic carbocycles. The molecule has 0 amide bonds. The van der Waals surface area contributed by atoms with Crippen molar-refractivity contribution in [1.82, 2.24) is 0 Å². The quantitative estimate of drug-likeness (QED) is 0.429. The smallest absolute Gasteiger partial charge is 0.0701 e. The summed E-state index contributed by atoms with van der Waals surface area (Å²) in [6.45, 7) is 0. The van der Waals surface area contributed by atoms with Crippen LogP contribution < -0.4 is 5.32 Å². The molecule has 1 nitrogen and oxygen atoms in total. The highest BCUT2D eigenvalue weighted by atomic mass is 14.8. The molecule has 0 aliphatic carbocycles. The molecule has 1 N–H and O–H groups in total. The Hall–Kier alpha value is -3.32. The van der Waals surface area contributed by atoms with Crippen molar-refractivity contribution in [2.75, 3.05) is 12.4 Å². The monoisotopic (exact) mass is 349 g/mol. The molecule has 132 valence electrons. The maximum atomic E-state index is 3.22. The van der Waals surface area contributed by atoms with Crippen molar-refractivity contribution < 1.29 is 0 Å². The molecule has 1 heteroatoms. The molecule has 0 atom stereocenters. The molecule has 0 spiro atoms. The lowest BCUT2D eigenvalue weighted by atomic mass is 9.65. The predicted molar refractivity (Wildman–Crippen MR) is 114 cm³/mol. The van der Waals surface area contributed by atoms with Gasteiger partial charge in [-0.05, 0) is 34.4 Å². The van der Waals surface area contributed by atoms with Crippen LogP contribution in [0.4, 0.5) is 5.69 Å². The number of hydrogen-bond donors (Lipinski definition) is 1. The first kappa shape index (κ1) is 17.1. The summed E-state index contributed by atoms with van der Waals surface area (Å²) in [4.78, 5) is 0. The SMILES string of the molecule is CNc1ccc(C(c2ccccc2)(c2ccccc2)c2ccccc2)cc1. The molecular weight excluding hydrogens is 326 g/mol. The van der Waals surface area contributed by atoms with Gasteiger partial charge in [-0.3, -0.25) is 0 Å². The summed E-state index contributed by atoms with van der Waals surface area (Å²) in [6.07, 6.45) is 0. The predicted octanol–water partition coefficient (Wildman–Crippen LogP) is 6.11. The molecule has 0 saturated carbocycles. The van der Waals surface area contributed by atoms with Gasteiger partial charge < -0.3 is 5.32 Å². The highest BCUT2D eigenvalue weighted by molar-refractivity contribution is 5.61. The van der Waals surface area contributed by atoms with Crippen molar-refractivity contribution in [2.45, 2.75) is 5.41 Å². The lowest BCUT2D eigenvalue weighted by Crippen LogP contribution is -2.30. The first-order valence-electron chi connectivity index (χ1n) is 9.30. The number of hydrogen-bond acceptors (Lipinski definition) is 1. The molecule has 0 unspecified atom stereocenters. The van der Waals surface area contributed by atoms with Crippen LogP contribution in [0.3, 0.4) is 0 Å². The highest BCUT2D eigenvalue weighted by Gasteiger charge is 2.37. The maximum absolute atomic E-state index is 3.22. The van der Waals surface area contributed by atoms with Crippen molar-refractivity contribution in [1.29, 1.82) is 0 Å². The molecule has 0 fully saturated rings. The summed E-state index contributed by atoms with van der Waals surface area (Å²) in [5.74, 6) is 0. The van der Waals surface area contributed by atoms with Gasteiger partial charge in [0, 0.05) is 12.7 Å². The van der Waals surface area contributed by atoms with Crippen LogP contribution >= 0.6 is 0 Å². The lowest BCUT2D eigenvalue weighted by Gasteiger charge is -2.37. The van der Waals surface area contributed by atoms with Crippen LogP contribution in [0.1, 0.15) is 22.3 Å². The van der Waals surface area contributed by atoms with Gasteiger partial charge in [-0.1, -0.05) is 103 Å². The molecule has 0 radical (unpaired) electrons. The zero-order valence-corrected chi connectivity index (χ0v) is 15.5. The summed E-state index contributed by atoms with van der Waals surface area (Å²) >= 11 is 0. The lowest BCUT2D eigenvalue weighted by molar-refractivity contribution is 0.745. The van der Waals surface area contributed by atoms with E-state index in [2.05, 4.69) is 121 Å². The Morgan fingerprint density at radius 2 is 0.778 bits per heavy atom. The van der Waals surface area contributed by atoms with Crippen LogP contribution in [-0.2, 0) is 5.41 Å². The molecule has 0 aliphatic rings. The third kappa shape index (κ3) is 3.02. The normalized spacial score (nSPS) is 11.1. The molecule has 0 bridgehead atoms. The van der Waals surface area contributed by atoms with Crippen LogP contribution in [-0.4, -0.2) is 7.05 Å². The Balaban J connectivity index is 2.09. The Labute approximate surface area is 161 Å². The number of nitrogens with one attached hydrogen (secondary N) is 1. The van der Waals surface area contributed by atoms with E-state index in [0.717, 1.165) is 5.69 Å². The average molecular weight is 349 g/mol. The minimum absolute atomic E-state index is 0.365. The Kier molecular flexibility index (Phi) is 4.76. The molecule has 4 aromatic rings. The highest BCUT2D eigenvalue weighted by Crippen LogP contribution is 2.45. The van der Waals surface area contributed by atoms with Crippen LogP contribution in [0.5, 0.6) is 0 Å². The van der Waals surface area contributed by atoms with Gasteiger partial charge in [-0.25, -0.2) is 0 Å². The second kappa shape index (κ2) is 7.51. The van der Waals surface area contributed by atoms with Crippen LogP contribution in [0.15, 0.2) is 115 Å². The maximum Gasteiger partial charge on any atom is 0.0701 e. The summed E-state index contributed by atoms with van der Waals surface area (Å²) in [6, 6.07) is 41.1. The first-order chi connectivity index (χ1) is 13.4. The number of benzene rings is 4. The van der Waals surface area contributed by atoms with Gasteiger partial charge in [0.2, 0.25) is 0 Å². The Morgan fingerprint density at radius 1 is 0.444 bits per heavy atom. The Morgan fingerprint density at radius 3 is 1.11 bits per heavy atom. The standard InChI is InChI=1S/C26H23N/c1-27-25-19-17-24(18-20-25)26(21-11-5-2-6-12-21,22-13-7-3-8-14-22)23-15-9-4-10-16-23/h2-20,27H,1H3. The second-order valence-electron chi connectivity index (χ2n) is 6.68. The summed E-state index contributed by atoms with van der Waals surface area (Å²) in [5, 5.41) is 3.22. The van der Waals surface area contributed by atoms with E-state index in [1.165, 1.54) is 22.3 Å². The first-order valence-corrected chi connectivity index (χ1v) is 9.30. The summed E-state index contributed by atoms with van der Waals surface area (Å²) in [7, 11) is 1.95. The second-order valence-corrected chi connectivity index (χ2v) is 6.68. The fourth-order valence-electron chi connectivity index (χ4n) is 3.95. The molecular formula is C26H23N. The number of anilines is 1. The molecule has 27 heavy (non-hydrogen) atoms. The van der Waals surface area contributed by atoms with Gasteiger partial charge >= 0.3 is 0 Å². The van der Waals surface area contributed by atoms with Crippen LogP contribution in [0.2, 0.25) is 0 Å². The summed E-state index contributed by atoms with van der Waals surface area (Å²) < 4.78 is 0. The third-order valence-corrected chi connectivity index (χ3v) is 5.23. The zero-order valence-electron chi connectivity index (χ0n) is 15.5.